The highest BCUT2D eigenvalue weighted by atomic mass is 32.2. The van der Waals surface area contributed by atoms with Crippen molar-refractivity contribution in [3.63, 3.8) is 0 Å². The van der Waals surface area contributed by atoms with Crippen molar-refractivity contribution in [1.82, 2.24) is 4.98 Å². The molecule has 0 amide bonds. The van der Waals surface area contributed by atoms with Gasteiger partial charge in [0.25, 0.3) is 0 Å². The van der Waals surface area contributed by atoms with Crippen LogP contribution in [0, 0.1) is 0 Å². The van der Waals surface area contributed by atoms with E-state index in [-0.39, 0.29) is 0 Å². The Bertz CT molecular complexity index is 414. The van der Waals surface area contributed by atoms with Crippen LogP contribution in [0.25, 0.3) is 10.2 Å². The van der Waals surface area contributed by atoms with Gasteiger partial charge in [-0.2, -0.15) is 0 Å². The normalized spacial score (nSPS) is 10.5. The summed E-state index contributed by atoms with van der Waals surface area (Å²) in [7, 11) is 0. The molecule has 2 aromatic rings. The smallest absolute Gasteiger partial charge is 0.141 e. The first-order valence-corrected chi connectivity index (χ1v) is 6.20. The van der Waals surface area contributed by atoms with Crippen molar-refractivity contribution in [3.05, 3.63) is 29.3 Å². The summed E-state index contributed by atoms with van der Waals surface area (Å²) >= 11 is 8.40. The number of thiocarbonyl (C=S) groups is 1. The molecule has 66 valence electrons. The lowest BCUT2D eigenvalue weighted by Crippen LogP contribution is -1.86. The monoisotopic (exact) mass is 225 g/mol. The molecule has 1 aromatic heterocycles. The van der Waals surface area contributed by atoms with Crippen LogP contribution in [0.3, 0.4) is 0 Å². The molecule has 1 aromatic carbocycles. The van der Waals surface area contributed by atoms with E-state index in [1.807, 2.05) is 24.5 Å². The van der Waals surface area contributed by atoms with E-state index in [1.165, 1.54) is 4.70 Å². The minimum atomic E-state index is 0.876. The third-order valence-electron chi connectivity index (χ3n) is 1.65. The third kappa shape index (κ3) is 1.75. The molecular formula is C9H7NS3. The molecule has 0 unspecified atom stereocenters. The lowest BCUT2D eigenvalue weighted by Gasteiger charge is -1.89. The number of hydrogen-bond acceptors (Lipinski definition) is 4. The van der Waals surface area contributed by atoms with E-state index in [0.717, 1.165) is 14.7 Å². The van der Waals surface area contributed by atoms with E-state index in [9.17, 15) is 0 Å². The summed E-state index contributed by atoms with van der Waals surface area (Å²) in [6.07, 6.45) is 1.98. The fourth-order valence-corrected chi connectivity index (χ4v) is 2.61. The predicted molar refractivity (Wildman–Crippen MR) is 64.8 cm³/mol. The molecule has 0 aliphatic carbocycles. The van der Waals surface area contributed by atoms with Crippen molar-refractivity contribution >= 4 is 49.7 Å². The number of nitrogens with zero attached hydrogens (tertiary/aromatic N) is 1. The highest BCUT2D eigenvalue weighted by Gasteiger charge is 2.06. The molecule has 0 spiro atoms. The summed E-state index contributed by atoms with van der Waals surface area (Å²) in [6.45, 7) is 0. The summed E-state index contributed by atoms with van der Waals surface area (Å²) in [5, 5.41) is 0.962. The van der Waals surface area contributed by atoms with Crippen LogP contribution in [0.2, 0.25) is 0 Å². The molecule has 0 saturated heterocycles. The van der Waals surface area contributed by atoms with Crippen molar-refractivity contribution in [3.8, 4) is 0 Å². The number of rotatable bonds is 1. The second kappa shape index (κ2) is 3.74. The fourth-order valence-electron chi connectivity index (χ4n) is 1.05. The van der Waals surface area contributed by atoms with Crippen molar-refractivity contribution in [2.24, 2.45) is 0 Å². The predicted octanol–water partition coefficient (Wildman–Crippen LogP) is 3.33. The van der Waals surface area contributed by atoms with Crippen LogP contribution >= 0.6 is 35.3 Å². The molecule has 13 heavy (non-hydrogen) atoms. The second-order valence-corrected chi connectivity index (χ2v) is 4.99. The maximum atomic E-state index is 5.17. The van der Waals surface area contributed by atoms with Crippen molar-refractivity contribution < 1.29 is 0 Å². The quantitative estimate of drug-likeness (QED) is 0.691. The molecule has 4 heteroatoms. The van der Waals surface area contributed by atoms with Gasteiger partial charge in [-0.3, -0.25) is 0 Å². The number of thiazole rings is 1. The summed E-state index contributed by atoms with van der Waals surface area (Å²) in [5.74, 6) is 0. The molecule has 0 N–H and O–H groups in total. The van der Waals surface area contributed by atoms with Gasteiger partial charge in [0.1, 0.15) is 9.20 Å². The molecule has 0 fully saturated rings. The van der Waals surface area contributed by atoms with E-state index in [2.05, 4.69) is 11.1 Å². The molecule has 1 heterocycles. The van der Waals surface area contributed by atoms with Crippen molar-refractivity contribution in [2.45, 2.75) is 0 Å². The maximum Gasteiger partial charge on any atom is 0.141 e. The Balaban J connectivity index is 2.56. The van der Waals surface area contributed by atoms with E-state index < -0.39 is 0 Å². The van der Waals surface area contributed by atoms with Gasteiger partial charge in [-0.05, 0) is 18.4 Å². The average molecular weight is 225 g/mol. The molecule has 0 radical (unpaired) electrons. The Morgan fingerprint density at radius 1 is 1.46 bits per heavy atom. The van der Waals surface area contributed by atoms with Crippen LogP contribution < -0.4 is 0 Å². The highest BCUT2D eigenvalue weighted by Crippen LogP contribution is 2.24. The third-order valence-corrected chi connectivity index (χ3v) is 4.22. The largest absolute Gasteiger partial charge is 0.235 e. The van der Waals surface area contributed by atoms with E-state index >= 15 is 0 Å². The minimum absolute atomic E-state index is 0.876. The van der Waals surface area contributed by atoms with Gasteiger partial charge in [0.05, 0.1) is 10.2 Å². The molecule has 0 saturated carbocycles. The number of aromatic nitrogens is 1. The van der Waals surface area contributed by atoms with Gasteiger partial charge in [-0.25, -0.2) is 4.98 Å². The van der Waals surface area contributed by atoms with Crippen LogP contribution in [0.1, 0.15) is 5.01 Å². The molecule has 0 aliphatic heterocycles. The SMILES string of the molecule is CSC(=S)c1nc2ccccc2s1. The van der Waals surface area contributed by atoms with Gasteiger partial charge in [0.2, 0.25) is 0 Å². The first-order chi connectivity index (χ1) is 6.31. The van der Waals surface area contributed by atoms with Gasteiger partial charge < -0.3 is 0 Å². The van der Waals surface area contributed by atoms with E-state index in [4.69, 9.17) is 12.2 Å². The summed E-state index contributed by atoms with van der Waals surface area (Å²) < 4.78 is 2.08. The zero-order valence-corrected chi connectivity index (χ0v) is 9.43. The Labute approximate surface area is 90.2 Å². The average Bonchev–Trinajstić information content (AvgIpc) is 2.59. The lowest BCUT2D eigenvalue weighted by atomic mass is 10.3. The summed E-state index contributed by atoms with van der Waals surface area (Å²) in [4.78, 5) is 4.44. The highest BCUT2D eigenvalue weighted by molar-refractivity contribution is 8.23. The second-order valence-electron chi connectivity index (χ2n) is 2.48. The molecule has 0 aliphatic rings. The Morgan fingerprint density at radius 2 is 2.23 bits per heavy atom. The lowest BCUT2D eigenvalue weighted by molar-refractivity contribution is 1.48. The Morgan fingerprint density at radius 3 is 2.92 bits per heavy atom. The molecule has 0 atom stereocenters. The topological polar surface area (TPSA) is 12.9 Å². The first kappa shape index (κ1) is 9.12. The van der Waals surface area contributed by atoms with Crippen LogP contribution in [0.15, 0.2) is 24.3 Å². The van der Waals surface area contributed by atoms with Gasteiger partial charge in [-0.15, -0.1) is 23.1 Å². The Kier molecular flexibility index (Phi) is 2.62. The summed E-state index contributed by atoms with van der Waals surface area (Å²) in [6, 6.07) is 8.10. The fraction of sp³-hybridized carbons (Fsp3) is 0.111. The molecule has 1 nitrogen and oxygen atoms in total. The standard InChI is InChI=1S/C9H7NS3/c1-12-9(11)8-10-6-4-2-3-5-7(6)13-8/h2-5H,1H3. The van der Waals surface area contributed by atoms with Gasteiger partial charge in [0, 0.05) is 0 Å². The Hall–Kier alpha value is -0.450. The van der Waals surface area contributed by atoms with Crippen LogP contribution in [0.5, 0.6) is 0 Å². The van der Waals surface area contributed by atoms with E-state index in [1.54, 1.807) is 23.1 Å². The number of hydrogen-bond donors (Lipinski definition) is 0. The number of para-hydroxylation sites is 1. The van der Waals surface area contributed by atoms with Crippen molar-refractivity contribution in [1.29, 1.82) is 0 Å². The minimum Gasteiger partial charge on any atom is -0.235 e. The molecule has 0 bridgehead atoms. The van der Waals surface area contributed by atoms with Crippen molar-refractivity contribution in [2.75, 3.05) is 6.26 Å². The van der Waals surface area contributed by atoms with Gasteiger partial charge in [0.15, 0.2) is 0 Å². The van der Waals surface area contributed by atoms with E-state index in [0.29, 0.717) is 0 Å². The number of benzene rings is 1. The zero-order valence-electron chi connectivity index (χ0n) is 6.98. The number of fused-ring (bicyclic) bond motifs is 1. The first-order valence-electron chi connectivity index (χ1n) is 3.75. The maximum absolute atomic E-state index is 5.17. The zero-order chi connectivity index (χ0) is 9.26. The van der Waals surface area contributed by atoms with Gasteiger partial charge >= 0.3 is 0 Å². The van der Waals surface area contributed by atoms with Crippen LogP contribution in [0.4, 0.5) is 0 Å². The molecular weight excluding hydrogens is 218 g/mol. The number of thioether (sulfide) groups is 1. The molecule has 2 rings (SSSR count). The van der Waals surface area contributed by atoms with Crippen LogP contribution in [-0.4, -0.2) is 15.4 Å². The van der Waals surface area contributed by atoms with Gasteiger partial charge in [-0.1, -0.05) is 24.4 Å². The van der Waals surface area contributed by atoms with Crippen LogP contribution in [-0.2, 0) is 0 Å². The summed E-state index contributed by atoms with van der Waals surface area (Å²) in [5.41, 5.74) is 1.04.